The van der Waals surface area contributed by atoms with Crippen LogP contribution in [0.15, 0.2) is 12.1 Å². The number of hydrogen-bond donors (Lipinski definition) is 1. The van der Waals surface area contributed by atoms with E-state index in [0.29, 0.717) is 0 Å². The molecule has 0 aromatic heterocycles. The zero-order valence-electron chi connectivity index (χ0n) is 10.4. The largest absolute Gasteiger partial charge is 0.376 e. The van der Waals surface area contributed by atoms with E-state index >= 15 is 0 Å². The van der Waals surface area contributed by atoms with E-state index in [1.165, 1.54) is 7.11 Å². The molecule has 0 bridgehead atoms. The standard InChI is InChI=1S/C12H14F2N2O3/c1-19-12(5-2-6-12)7-15-11-9(16(17)18)4-3-8(13)10(11)14/h3-4,15H,2,5-7H2,1H3. The van der Waals surface area contributed by atoms with E-state index in [1.807, 2.05) is 0 Å². The summed E-state index contributed by atoms with van der Waals surface area (Å²) in [4.78, 5) is 10.1. The molecule has 0 radical (unpaired) electrons. The molecule has 7 heteroatoms. The first-order valence-corrected chi connectivity index (χ1v) is 5.90. The van der Waals surface area contributed by atoms with Gasteiger partial charge in [0.1, 0.15) is 0 Å². The summed E-state index contributed by atoms with van der Waals surface area (Å²) in [6.45, 7) is 0.213. The van der Waals surface area contributed by atoms with Gasteiger partial charge in [-0.05, 0) is 25.3 Å². The lowest BCUT2D eigenvalue weighted by Gasteiger charge is -2.40. The molecule has 1 aromatic rings. The van der Waals surface area contributed by atoms with Crippen LogP contribution >= 0.6 is 0 Å². The summed E-state index contributed by atoms with van der Waals surface area (Å²) in [7, 11) is 1.54. The molecule has 0 amide bonds. The Kier molecular flexibility index (Phi) is 3.66. The summed E-state index contributed by atoms with van der Waals surface area (Å²) in [5.74, 6) is -2.35. The molecule has 0 heterocycles. The number of halogens is 2. The van der Waals surface area contributed by atoms with Crippen molar-refractivity contribution < 1.29 is 18.4 Å². The van der Waals surface area contributed by atoms with Gasteiger partial charge in [-0.15, -0.1) is 0 Å². The highest BCUT2D eigenvalue weighted by Crippen LogP contribution is 2.36. The number of ether oxygens (including phenoxy) is 1. The molecule has 1 aliphatic rings. The molecule has 1 aliphatic carbocycles. The highest BCUT2D eigenvalue weighted by Gasteiger charge is 2.37. The Labute approximate surface area is 108 Å². The fourth-order valence-electron chi connectivity index (χ4n) is 2.13. The Morgan fingerprint density at radius 3 is 2.63 bits per heavy atom. The zero-order chi connectivity index (χ0) is 14.0. The van der Waals surface area contributed by atoms with Crippen LogP contribution in [0, 0.1) is 21.7 Å². The van der Waals surface area contributed by atoms with Gasteiger partial charge in [-0.25, -0.2) is 8.78 Å². The lowest BCUT2D eigenvalue weighted by molar-refractivity contribution is -0.384. The van der Waals surface area contributed by atoms with Crippen LogP contribution < -0.4 is 5.32 Å². The van der Waals surface area contributed by atoms with Crippen molar-refractivity contribution in [2.45, 2.75) is 24.9 Å². The normalized spacial score (nSPS) is 16.8. The first kappa shape index (κ1) is 13.7. The molecule has 0 spiro atoms. The van der Waals surface area contributed by atoms with Gasteiger partial charge in [-0.1, -0.05) is 0 Å². The molecular formula is C12H14F2N2O3. The molecule has 1 fully saturated rings. The van der Waals surface area contributed by atoms with Crippen LogP contribution in [0.25, 0.3) is 0 Å². The van der Waals surface area contributed by atoms with Crippen molar-refractivity contribution in [2.75, 3.05) is 19.0 Å². The minimum atomic E-state index is -1.24. The molecule has 1 N–H and O–H groups in total. The van der Waals surface area contributed by atoms with E-state index in [4.69, 9.17) is 4.74 Å². The average Bonchev–Trinajstić information content (AvgIpc) is 2.33. The number of nitro benzene ring substituents is 1. The van der Waals surface area contributed by atoms with Gasteiger partial charge in [0.05, 0.1) is 10.5 Å². The average molecular weight is 272 g/mol. The van der Waals surface area contributed by atoms with Crippen molar-refractivity contribution in [3.8, 4) is 0 Å². The van der Waals surface area contributed by atoms with Gasteiger partial charge in [-0.2, -0.15) is 0 Å². The van der Waals surface area contributed by atoms with E-state index in [2.05, 4.69) is 5.32 Å². The number of nitrogens with zero attached hydrogens (tertiary/aromatic N) is 1. The third-order valence-corrected chi connectivity index (χ3v) is 3.55. The summed E-state index contributed by atoms with van der Waals surface area (Å²) in [6, 6.07) is 1.69. The highest BCUT2D eigenvalue weighted by molar-refractivity contribution is 5.62. The summed E-state index contributed by atoms with van der Waals surface area (Å²) < 4.78 is 32.1. The van der Waals surface area contributed by atoms with Crippen LogP contribution in [0.1, 0.15) is 19.3 Å². The number of benzene rings is 1. The van der Waals surface area contributed by atoms with E-state index in [-0.39, 0.29) is 6.54 Å². The second-order valence-corrected chi connectivity index (χ2v) is 4.61. The Hall–Kier alpha value is -1.76. The Bertz CT molecular complexity index is 498. The zero-order valence-corrected chi connectivity index (χ0v) is 10.4. The second kappa shape index (κ2) is 5.08. The number of hydrogen-bond acceptors (Lipinski definition) is 4. The van der Waals surface area contributed by atoms with E-state index in [1.54, 1.807) is 0 Å². The maximum atomic E-state index is 13.6. The first-order valence-electron chi connectivity index (χ1n) is 5.90. The van der Waals surface area contributed by atoms with Crippen molar-refractivity contribution in [3.05, 3.63) is 33.9 Å². The molecule has 104 valence electrons. The number of anilines is 1. The molecule has 0 atom stereocenters. The van der Waals surface area contributed by atoms with Crippen molar-refractivity contribution in [3.63, 3.8) is 0 Å². The molecule has 1 aromatic carbocycles. The number of rotatable bonds is 5. The van der Waals surface area contributed by atoms with E-state index < -0.39 is 33.5 Å². The van der Waals surface area contributed by atoms with Crippen molar-refractivity contribution in [1.82, 2.24) is 0 Å². The predicted octanol–water partition coefficient (Wildman–Crippen LogP) is 2.85. The molecule has 0 saturated heterocycles. The van der Waals surface area contributed by atoms with Gasteiger partial charge in [0.2, 0.25) is 0 Å². The number of methoxy groups -OCH3 is 1. The van der Waals surface area contributed by atoms with Crippen molar-refractivity contribution in [1.29, 1.82) is 0 Å². The third kappa shape index (κ3) is 2.51. The van der Waals surface area contributed by atoms with Gasteiger partial charge in [0.15, 0.2) is 17.3 Å². The van der Waals surface area contributed by atoms with Crippen LogP contribution in [-0.2, 0) is 4.74 Å². The van der Waals surface area contributed by atoms with Crippen LogP contribution in [-0.4, -0.2) is 24.2 Å². The third-order valence-electron chi connectivity index (χ3n) is 3.55. The molecule has 0 unspecified atom stereocenters. The van der Waals surface area contributed by atoms with Gasteiger partial charge >= 0.3 is 0 Å². The van der Waals surface area contributed by atoms with Crippen LogP contribution in [0.3, 0.4) is 0 Å². The van der Waals surface area contributed by atoms with Crippen LogP contribution in [0.4, 0.5) is 20.2 Å². The van der Waals surface area contributed by atoms with Gasteiger partial charge in [0.25, 0.3) is 5.69 Å². The molecule has 0 aliphatic heterocycles. The van der Waals surface area contributed by atoms with E-state index in [9.17, 15) is 18.9 Å². The van der Waals surface area contributed by atoms with Crippen LogP contribution in [0.5, 0.6) is 0 Å². The molecular weight excluding hydrogens is 258 g/mol. The quantitative estimate of drug-likeness (QED) is 0.661. The summed E-state index contributed by atoms with van der Waals surface area (Å²) >= 11 is 0. The minimum Gasteiger partial charge on any atom is -0.376 e. The summed E-state index contributed by atoms with van der Waals surface area (Å²) in [6.07, 6.45) is 2.58. The number of nitro groups is 1. The maximum Gasteiger partial charge on any atom is 0.295 e. The fourth-order valence-corrected chi connectivity index (χ4v) is 2.13. The van der Waals surface area contributed by atoms with Gasteiger partial charge in [-0.3, -0.25) is 10.1 Å². The Morgan fingerprint density at radius 1 is 1.47 bits per heavy atom. The smallest absolute Gasteiger partial charge is 0.295 e. The lowest BCUT2D eigenvalue weighted by atomic mass is 9.80. The van der Waals surface area contributed by atoms with Crippen LogP contribution in [0.2, 0.25) is 0 Å². The Morgan fingerprint density at radius 2 is 2.16 bits per heavy atom. The molecule has 19 heavy (non-hydrogen) atoms. The van der Waals surface area contributed by atoms with Gasteiger partial charge in [0, 0.05) is 19.7 Å². The predicted molar refractivity (Wildman–Crippen MR) is 65.1 cm³/mol. The molecule has 5 nitrogen and oxygen atoms in total. The second-order valence-electron chi connectivity index (χ2n) is 4.61. The topological polar surface area (TPSA) is 64.4 Å². The summed E-state index contributed by atoms with van der Waals surface area (Å²) in [5.41, 5.74) is -1.34. The summed E-state index contributed by atoms with van der Waals surface area (Å²) in [5, 5.41) is 13.4. The number of nitrogens with one attached hydrogen (secondary N) is 1. The van der Waals surface area contributed by atoms with Gasteiger partial charge < -0.3 is 10.1 Å². The fraction of sp³-hybridized carbons (Fsp3) is 0.500. The molecule has 1 saturated carbocycles. The Balaban J connectivity index is 2.23. The highest BCUT2D eigenvalue weighted by atomic mass is 19.2. The maximum absolute atomic E-state index is 13.6. The van der Waals surface area contributed by atoms with Crippen molar-refractivity contribution >= 4 is 11.4 Å². The molecule has 2 rings (SSSR count). The minimum absolute atomic E-state index is 0.213. The monoisotopic (exact) mass is 272 g/mol. The van der Waals surface area contributed by atoms with E-state index in [0.717, 1.165) is 31.4 Å². The lowest BCUT2D eigenvalue weighted by Crippen LogP contribution is -2.45. The van der Waals surface area contributed by atoms with Crippen molar-refractivity contribution in [2.24, 2.45) is 0 Å². The SMILES string of the molecule is COC1(CNc2c([N+](=O)[O-])ccc(F)c2F)CCC1. The first-order chi connectivity index (χ1) is 8.99.